The van der Waals surface area contributed by atoms with E-state index in [0.29, 0.717) is 17.7 Å². The van der Waals surface area contributed by atoms with Gasteiger partial charge in [-0.25, -0.2) is 9.97 Å². The first kappa shape index (κ1) is 17.1. The molecule has 136 valence electrons. The van der Waals surface area contributed by atoms with Crippen molar-refractivity contribution in [3.05, 3.63) is 42.2 Å². The van der Waals surface area contributed by atoms with E-state index in [1.807, 2.05) is 17.0 Å². The van der Waals surface area contributed by atoms with Gasteiger partial charge in [0.15, 0.2) is 16.7 Å². The smallest absolute Gasteiger partial charge is 0.233 e. The van der Waals surface area contributed by atoms with Gasteiger partial charge in [-0.05, 0) is 23.8 Å². The number of ether oxygens (including phenoxy) is 2. The number of benzene rings is 1. The van der Waals surface area contributed by atoms with E-state index < -0.39 is 0 Å². The molecule has 1 fully saturated rings. The van der Waals surface area contributed by atoms with Crippen LogP contribution in [0.15, 0.2) is 41.8 Å². The molecule has 3 heterocycles. The van der Waals surface area contributed by atoms with E-state index in [9.17, 15) is 4.79 Å². The van der Waals surface area contributed by atoms with E-state index in [-0.39, 0.29) is 5.91 Å². The van der Waals surface area contributed by atoms with E-state index in [1.54, 1.807) is 18.5 Å². The fourth-order valence-corrected chi connectivity index (χ4v) is 3.74. The molecule has 0 radical (unpaired) electrons. The van der Waals surface area contributed by atoms with E-state index in [2.05, 4.69) is 20.9 Å². The normalized spacial score (nSPS) is 16.7. The van der Waals surface area contributed by atoms with Crippen LogP contribution in [-0.2, 0) is 11.3 Å². The standard InChI is InChI=1S/C18H20N4O3S/c23-17(12-26-18-19-4-1-5-20-18)22-8-6-21(7-9-22)11-14-2-3-15-16(10-14)25-13-24-15/h1-5,10H,6-9,11-13H2. The number of piperazine rings is 1. The third-order valence-electron chi connectivity index (χ3n) is 4.43. The van der Waals surface area contributed by atoms with Crippen molar-refractivity contribution >= 4 is 17.7 Å². The maximum Gasteiger partial charge on any atom is 0.233 e. The van der Waals surface area contributed by atoms with Gasteiger partial charge in [-0.2, -0.15) is 0 Å². The summed E-state index contributed by atoms with van der Waals surface area (Å²) in [5.41, 5.74) is 1.20. The number of thioether (sulfide) groups is 1. The zero-order valence-electron chi connectivity index (χ0n) is 14.3. The van der Waals surface area contributed by atoms with Crippen LogP contribution in [-0.4, -0.2) is 64.4 Å². The lowest BCUT2D eigenvalue weighted by Gasteiger charge is -2.34. The SMILES string of the molecule is O=C(CSc1ncccn1)N1CCN(Cc2ccc3c(c2)OCO3)CC1. The first-order valence-electron chi connectivity index (χ1n) is 8.56. The van der Waals surface area contributed by atoms with Crippen molar-refractivity contribution in [1.29, 1.82) is 0 Å². The Kier molecular flexibility index (Phi) is 5.21. The molecule has 0 unspecified atom stereocenters. The van der Waals surface area contributed by atoms with Crippen molar-refractivity contribution in [2.45, 2.75) is 11.7 Å². The minimum atomic E-state index is 0.144. The zero-order valence-corrected chi connectivity index (χ0v) is 15.2. The van der Waals surface area contributed by atoms with Crippen LogP contribution < -0.4 is 9.47 Å². The molecular formula is C18H20N4O3S. The summed E-state index contributed by atoms with van der Waals surface area (Å²) >= 11 is 1.38. The molecule has 1 saturated heterocycles. The van der Waals surface area contributed by atoms with Crippen LogP contribution in [0.5, 0.6) is 11.5 Å². The summed E-state index contributed by atoms with van der Waals surface area (Å²) in [5.74, 6) is 2.15. The number of hydrogen-bond acceptors (Lipinski definition) is 7. The average molecular weight is 372 g/mol. The van der Waals surface area contributed by atoms with Crippen LogP contribution in [0.25, 0.3) is 0 Å². The molecule has 0 aliphatic carbocycles. The van der Waals surface area contributed by atoms with Gasteiger partial charge in [0.1, 0.15) is 0 Å². The lowest BCUT2D eigenvalue weighted by atomic mass is 10.1. The molecule has 0 bridgehead atoms. The van der Waals surface area contributed by atoms with Gasteiger partial charge >= 0.3 is 0 Å². The molecule has 0 N–H and O–H groups in total. The van der Waals surface area contributed by atoms with E-state index in [1.165, 1.54) is 17.3 Å². The highest BCUT2D eigenvalue weighted by Gasteiger charge is 2.22. The number of carbonyl (C=O) groups is 1. The Morgan fingerprint density at radius 1 is 1.08 bits per heavy atom. The molecule has 1 amide bonds. The van der Waals surface area contributed by atoms with Crippen LogP contribution >= 0.6 is 11.8 Å². The first-order valence-corrected chi connectivity index (χ1v) is 9.55. The molecular weight excluding hydrogens is 352 g/mol. The minimum absolute atomic E-state index is 0.144. The van der Waals surface area contributed by atoms with Crippen molar-refractivity contribution in [3.63, 3.8) is 0 Å². The highest BCUT2D eigenvalue weighted by atomic mass is 32.2. The van der Waals surface area contributed by atoms with Crippen molar-refractivity contribution in [2.24, 2.45) is 0 Å². The minimum Gasteiger partial charge on any atom is -0.454 e. The Labute approximate surface area is 156 Å². The molecule has 0 saturated carbocycles. The number of rotatable bonds is 5. The number of aromatic nitrogens is 2. The van der Waals surface area contributed by atoms with E-state index >= 15 is 0 Å². The molecule has 4 rings (SSSR count). The van der Waals surface area contributed by atoms with E-state index in [4.69, 9.17) is 9.47 Å². The topological polar surface area (TPSA) is 67.8 Å². The lowest BCUT2D eigenvalue weighted by molar-refractivity contribution is -0.130. The summed E-state index contributed by atoms with van der Waals surface area (Å²) in [4.78, 5) is 24.9. The Balaban J connectivity index is 1.24. The lowest BCUT2D eigenvalue weighted by Crippen LogP contribution is -2.48. The molecule has 2 aromatic rings. The summed E-state index contributed by atoms with van der Waals surface area (Å²) in [6, 6.07) is 7.84. The zero-order chi connectivity index (χ0) is 17.8. The van der Waals surface area contributed by atoms with Gasteiger partial charge in [0, 0.05) is 45.1 Å². The van der Waals surface area contributed by atoms with Crippen molar-refractivity contribution < 1.29 is 14.3 Å². The van der Waals surface area contributed by atoms with Crippen LogP contribution in [0, 0.1) is 0 Å². The molecule has 1 aromatic carbocycles. The van der Waals surface area contributed by atoms with Gasteiger partial charge in [-0.1, -0.05) is 17.8 Å². The van der Waals surface area contributed by atoms with Gasteiger partial charge in [0.05, 0.1) is 5.75 Å². The Bertz CT molecular complexity index is 766. The predicted octanol–water partition coefficient (Wildman–Crippen LogP) is 1.64. The van der Waals surface area contributed by atoms with E-state index in [0.717, 1.165) is 44.2 Å². The highest BCUT2D eigenvalue weighted by Crippen LogP contribution is 2.32. The monoisotopic (exact) mass is 372 g/mol. The molecule has 8 heteroatoms. The quantitative estimate of drug-likeness (QED) is 0.584. The third-order valence-corrected chi connectivity index (χ3v) is 5.30. The summed E-state index contributed by atoms with van der Waals surface area (Å²) < 4.78 is 10.8. The van der Waals surface area contributed by atoms with Crippen molar-refractivity contribution in [2.75, 3.05) is 38.7 Å². The molecule has 0 atom stereocenters. The fraction of sp³-hybridized carbons (Fsp3) is 0.389. The summed E-state index contributed by atoms with van der Waals surface area (Å²) in [7, 11) is 0. The Morgan fingerprint density at radius 2 is 1.85 bits per heavy atom. The molecule has 26 heavy (non-hydrogen) atoms. The van der Waals surface area contributed by atoms with Crippen molar-refractivity contribution in [3.8, 4) is 11.5 Å². The largest absolute Gasteiger partial charge is 0.454 e. The van der Waals surface area contributed by atoms with Crippen LogP contribution in [0.3, 0.4) is 0 Å². The fourth-order valence-electron chi connectivity index (χ4n) is 3.03. The van der Waals surface area contributed by atoms with Gasteiger partial charge < -0.3 is 14.4 Å². The molecule has 0 spiro atoms. The first-order chi connectivity index (χ1) is 12.8. The van der Waals surface area contributed by atoms with Crippen LogP contribution in [0.2, 0.25) is 0 Å². The Hall–Kier alpha value is -2.32. The van der Waals surface area contributed by atoms with Crippen LogP contribution in [0.1, 0.15) is 5.56 Å². The molecule has 7 nitrogen and oxygen atoms in total. The maximum atomic E-state index is 12.4. The van der Waals surface area contributed by atoms with Crippen LogP contribution in [0.4, 0.5) is 0 Å². The average Bonchev–Trinajstić information content (AvgIpc) is 3.15. The Morgan fingerprint density at radius 3 is 2.65 bits per heavy atom. The number of amides is 1. The van der Waals surface area contributed by atoms with Gasteiger partial charge in [-0.3, -0.25) is 9.69 Å². The predicted molar refractivity (Wildman–Crippen MR) is 97.2 cm³/mol. The van der Waals surface area contributed by atoms with Gasteiger partial charge in [-0.15, -0.1) is 0 Å². The number of fused-ring (bicyclic) bond motifs is 1. The second-order valence-corrected chi connectivity index (χ2v) is 7.11. The van der Waals surface area contributed by atoms with Crippen molar-refractivity contribution in [1.82, 2.24) is 19.8 Å². The molecule has 2 aliphatic rings. The second-order valence-electron chi connectivity index (χ2n) is 6.16. The van der Waals surface area contributed by atoms with Gasteiger partial charge in [0.25, 0.3) is 0 Å². The number of hydrogen-bond donors (Lipinski definition) is 0. The molecule has 1 aromatic heterocycles. The second kappa shape index (κ2) is 7.92. The highest BCUT2D eigenvalue weighted by molar-refractivity contribution is 7.99. The summed E-state index contributed by atoms with van der Waals surface area (Å²) in [5, 5.41) is 0.641. The number of carbonyl (C=O) groups excluding carboxylic acids is 1. The summed E-state index contributed by atoms with van der Waals surface area (Å²) in [6.45, 7) is 4.38. The van der Waals surface area contributed by atoms with Gasteiger partial charge in [0.2, 0.25) is 12.7 Å². The molecule has 2 aliphatic heterocycles. The number of nitrogens with zero attached hydrogens (tertiary/aromatic N) is 4. The summed E-state index contributed by atoms with van der Waals surface area (Å²) in [6.07, 6.45) is 3.38. The maximum absolute atomic E-state index is 12.4. The third kappa shape index (κ3) is 4.08.